The molecule has 1 aromatic heterocycles. The second-order valence-corrected chi connectivity index (χ2v) is 9.17. The molecule has 3 rings (SSSR count). The van der Waals surface area contributed by atoms with Gasteiger partial charge in [-0.25, -0.2) is 4.99 Å². The van der Waals surface area contributed by atoms with Crippen molar-refractivity contribution < 1.29 is 9.32 Å². The van der Waals surface area contributed by atoms with Crippen molar-refractivity contribution in [3.63, 3.8) is 0 Å². The van der Waals surface area contributed by atoms with Crippen molar-refractivity contribution in [2.24, 2.45) is 4.99 Å². The fourth-order valence-corrected chi connectivity index (χ4v) is 3.87. The van der Waals surface area contributed by atoms with Crippen LogP contribution in [0.1, 0.15) is 59.2 Å². The smallest absolute Gasteiger partial charge is 0.239 e. The first-order chi connectivity index (χ1) is 14.3. The summed E-state index contributed by atoms with van der Waals surface area (Å²) in [5.74, 6) is 2.35. The highest BCUT2D eigenvalue weighted by Gasteiger charge is 2.30. The molecule has 176 valence electrons. The normalized spacial score (nSPS) is 19.3. The summed E-state index contributed by atoms with van der Waals surface area (Å²) in [7, 11) is 0. The number of halogens is 1. The summed E-state index contributed by atoms with van der Waals surface area (Å²) in [5.41, 5.74) is -0.168. The minimum atomic E-state index is -0.168. The molecule has 1 aromatic rings. The van der Waals surface area contributed by atoms with E-state index in [2.05, 4.69) is 32.2 Å². The average Bonchev–Trinajstić information content (AvgIpc) is 3.42. The van der Waals surface area contributed by atoms with Crippen molar-refractivity contribution in [1.82, 2.24) is 30.2 Å². The molecule has 3 heterocycles. The molecule has 1 N–H and O–H groups in total. The molecule has 0 radical (unpaired) electrons. The van der Waals surface area contributed by atoms with Crippen LogP contribution in [0.25, 0.3) is 0 Å². The number of rotatable bonds is 5. The lowest BCUT2D eigenvalue weighted by Gasteiger charge is -2.39. The minimum Gasteiger partial charge on any atom is -0.357 e. The third-order valence-electron chi connectivity index (χ3n) is 5.75. The number of aromatic nitrogens is 2. The van der Waals surface area contributed by atoms with Crippen LogP contribution in [0.4, 0.5) is 0 Å². The summed E-state index contributed by atoms with van der Waals surface area (Å²) in [5, 5.41) is 7.43. The Hall–Kier alpha value is -1.43. The molecular formula is C21H38IN7O2. The van der Waals surface area contributed by atoms with Gasteiger partial charge in [-0.2, -0.15) is 4.98 Å². The van der Waals surface area contributed by atoms with E-state index >= 15 is 0 Å². The van der Waals surface area contributed by atoms with Crippen LogP contribution in [0.5, 0.6) is 0 Å². The lowest BCUT2D eigenvalue weighted by atomic mass is 9.97. The Balaban J connectivity index is 0.00000341. The molecule has 10 heteroatoms. The summed E-state index contributed by atoms with van der Waals surface area (Å²) in [6, 6.07) is -0.0556. The monoisotopic (exact) mass is 547 g/mol. The molecule has 9 nitrogen and oxygen atoms in total. The summed E-state index contributed by atoms with van der Waals surface area (Å²) in [4.78, 5) is 28.4. The zero-order chi connectivity index (χ0) is 21.7. The van der Waals surface area contributed by atoms with E-state index in [0.717, 1.165) is 64.6 Å². The van der Waals surface area contributed by atoms with E-state index in [1.807, 2.05) is 32.6 Å². The zero-order valence-corrected chi connectivity index (χ0v) is 21.9. The summed E-state index contributed by atoms with van der Waals surface area (Å²) in [6.45, 7) is 16.6. The number of hydrogen-bond donors (Lipinski definition) is 1. The van der Waals surface area contributed by atoms with Crippen LogP contribution >= 0.6 is 24.0 Å². The molecule has 0 aromatic carbocycles. The van der Waals surface area contributed by atoms with E-state index < -0.39 is 0 Å². The van der Waals surface area contributed by atoms with Crippen LogP contribution in [-0.4, -0.2) is 88.6 Å². The number of amides is 1. The first-order valence-corrected chi connectivity index (χ1v) is 11.2. The van der Waals surface area contributed by atoms with Gasteiger partial charge in [0.1, 0.15) is 6.54 Å². The Kier molecular flexibility index (Phi) is 9.53. The van der Waals surface area contributed by atoms with Gasteiger partial charge in [-0.3, -0.25) is 9.69 Å². The van der Waals surface area contributed by atoms with Crippen LogP contribution in [0.2, 0.25) is 0 Å². The van der Waals surface area contributed by atoms with Crippen LogP contribution in [0.15, 0.2) is 9.52 Å². The maximum absolute atomic E-state index is 12.7. The fraction of sp³-hybridized carbons (Fsp3) is 0.810. The van der Waals surface area contributed by atoms with Crippen molar-refractivity contribution in [2.45, 2.75) is 65.5 Å². The van der Waals surface area contributed by atoms with E-state index in [-0.39, 0.29) is 41.3 Å². The van der Waals surface area contributed by atoms with Gasteiger partial charge in [0, 0.05) is 51.2 Å². The SMILES string of the molecule is CCNC(=NCc1noc(C(C)(C)C)n1)N1CCN(C(C)C(=O)N2CCCC2)CC1.I. The van der Waals surface area contributed by atoms with Crippen LogP contribution < -0.4 is 5.32 Å². The van der Waals surface area contributed by atoms with Gasteiger partial charge < -0.3 is 19.6 Å². The van der Waals surface area contributed by atoms with Gasteiger partial charge in [-0.15, -0.1) is 24.0 Å². The standard InChI is InChI=1S/C21H37N7O2.HI/c1-6-22-20(23-15-17-24-19(30-25-17)21(3,4)5)28-13-11-26(12-14-28)16(2)18(29)27-9-7-8-10-27;/h16H,6-15H2,1-5H3,(H,22,23);1H. The minimum absolute atomic E-state index is 0. The van der Waals surface area contributed by atoms with E-state index in [1.54, 1.807) is 0 Å². The Labute approximate surface area is 203 Å². The molecule has 2 aliphatic rings. The molecular weight excluding hydrogens is 509 g/mol. The summed E-state index contributed by atoms with van der Waals surface area (Å²) >= 11 is 0. The number of guanidine groups is 1. The molecule has 1 atom stereocenters. The maximum atomic E-state index is 12.7. The van der Waals surface area contributed by atoms with Crippen LogP contribution in [0.3, 0.4) is 0 Å². The van der Waals surface area contributed by atoms with E-state index in [4.69, 9.17) is 9.52 Å². The predicted octanol–water partition coefficient (Wildman–Crippen LogP) is 2.08. The Morgan fingerprint density at radius 1 is 1.13 bits per heavy atom. The molecule has 2 saturated heterocycles. The molecule has 1 unspecified atom stereocenters. The Morgan fingerprint density at radius 3 is 2.32 bits per heavy atom. The molecule has 0 bridgehead atoms. The molecule has 0 saturated carbocycles. The van der Waals surface area contributed by atoms with Crippen LogP contribution in [-0.2, 0) is 16.8 Å². The quantitative estimate of drug-likeness (QED) is 0.343. The number of piperazine rings is 1. The summed E-state index contributed by atoms with van der Waals surface area (Å²) < 4.78 is 5.36. The molecule has 31 heavy (non-hydrogen) atoms. The number of aliphatic imine (C=N–C) groups is 1. The van der Waals surface area contributed by atoms with Gasteiger partial charge in [0.15, 0.2) is 11.8 Å². The van der Waals surface area contributed by atoms with Gasteiger partial charge in [0.2, 0.25) is 11.8 Å². The Bertz CT molecular complexity index is 732. The number of nitrogens with one attached hydrogen (secondary N) is 1. The second-order valence-electron chi connectivity index (χ2n) is 9.17. The number of nitrogens with zero attached hydrogens (tertiary/aromatic N) is 6. The van der Waals surface area contributed by atoms with Crippen molar-refractivity contribution in [3.05, 3.63) is 11.7 Å². The van der Waals surface area contributed by atoms with Gasteiger partial charge in [0.25, 0.3) is 0 Å². The number of likely N-dealkylation sites (tertiary alicyclic amines) is 1. The van der Waals surface area contributed by atoms with E-state index in [1.165, 1.54) is 0 Å². The van der Waals surface area contributed by atoms with Crippen molar-refractivity contribution in [3.8, 4) is 0 Å². The first kappa shape index (κ1) is 25.8. The topological polar surface area (TPSA) is 90.1 Å². The van der Waals surface area contributed by atoms with Gasteiger partial charge in [-0.05, 0) is 26.7 Å². The highest BCUT2D eigenvalue weighted by atomic mass is 127. The van der Waals surface area contributed by atoms with Gasteiger partial charge in [0.05, 0.1) is 6.04 Å². The predicted molar refractivity (Wildman–Crippen MR) is 132 cm³/mol. The van der Waals surface area contributed by atoms with Crippen molar-refractivity contribution >= 4 is 35.8 Å². The third kappa shape index (κ3) is 6.77. The molecule has 0 spiro atoms. The molecule has 1 amide bonds. The third-order valence-corrected chi connectivity index (χ3v) is 5.75. The molecule has 0 aliphatic carbocycles. The van der Waals surface area contributed by atoms with E-state index in [9.17, 15) is 4.79 Å². The number of hydrogen-bond acceptors (Lipinski definition) is 6. The van der Waals surface area contributed by atoms with Gasteiger partial charge in [-0.1, -0.05) is 25.9 Å². The lowest BCUT2D eigenvalue weighted by Crippen LogP contribution is -2.57. The number of carbonyl (C=O) groups is 1. The van der Waals surface area contributed by atoms with E-state index in [0.29, 0.717) is 18.3 Å². The Morgan fingerprint density at radius 2 is 1.77 bits per heavy atom. The van der Waals surface area contributed by atoms with Crippen molar-refractivity contribution in [1.29, 1.82) is 0 Å². The molecule has 2 fully saturated rings. The highest BCUT2D eigenvalue weighted by molar-refractivity contribution is 14.0. The average molecular weight is 547 g/mol. The zero-order valence-electron chi connectivity index (χ0n) is 19.6. The number of carbonyl (C=O) groups excluding carboxylic acids is 1. The van der Waals surface area contributed by atoms with Crippen molar-refractivity contribution in [2.75, 3.05) is 45.8 Å². The van der Waals surface area contributed by atoms with Gasteiger partial charge >= 0.3 is 0 Å². The van der Waals surface area contributed by atoms with Crippen LogP contribution in [0, 0.1) is 0 Å². The largest absolute Gasteiger partial charge is 0.357 e. The fourth-order valence-electron chi connectivity index (χ4n) is 3.87. The first-order valence-electron chi connectivity index (χ1n) is 11.2. The lowest BCUT2D eigenvalue weighted by molar-refractivity contribution is -0.135. The summed E-state index contributed by atoms with van der Waals surface area (Å²) in [6.07, 6.45) is 2.26. The maximum Gasteiger partial charge on any atom is 0.239 e. The highest BCUT2D eigenvalue weighted by Crippen LogP contribution is 2.20. The second kappa shape index (κ2) is 11.4. The molecule has 2 aliphatic heterocycles.